The SMILES string of the molecule is CCCC1OCc2c(/C=C/C(C)=O)cnc(C)c2O1. The fourth-order valence-electron chi connectivity index (χ4n) is 2.03. The molecule has 0 fully saturated rings. The molecule has 102 valence electrons. The first kappa shape index (κ1) is 13.7. The highest BCUT2D eigenvalue weighted by Gasteiger charge is 2.23. The third kappa shape index (κ3) is 3.20. The maximum absolute atomic E-state index is 11.0. The van der Waals surface area contributed by atoms with Crippen molar-refractivity contribution in [2.24, 2.45) is 0 Å². The van der Waals surface area contributed by atoms with Gasteiger partial charge in [-0.1, -0.05) is 13.3 Å². The van der Waals surface area contributed by atoms with E-state index in [0.717, 1.165) is 35.4 Å². The van der Waals surface area contributed by atoms with Gasteiger partial charge in [-0.2, -0.15) is 0 Å². The van der Waals surface area contributed by atoms with Gasteiger partial charge in [0.15, 0.2) is 12.1 Å². The van der Waals surface area contributed by atoms with E-state index >= 15 is 0 Å². The third-order valence-corrected chi connectivity index (χ3v) is 3.03. The highest BCUT2D eigenvalue weighted by Crippen LogP contribution is 2.32. The predicted molar refractivity (Wildman–Crippen MR) is 72.8 cm³/mol. The number of pyridine rings is 1. The smallest absolute Gasteiger partial charge is 0.200 e. The molecule has 2 rings (SSSR count). The number of fused-ring (bicyclic) bond motifs is 1. The zero-order chi connectivity index (χ0) is 13.8. The highest BCUT2D eigenvalue weighted by atomic mass is 16.7. The molecule has 1 aliphatic heterocycles. The molecule has 0 saturated carbocycles. The van der Waals surface area contributed by atoms with Crippen LogP contribution in [-0.4, -0.2) is 17.1 Å². The average molecular weight is 261 g/mol. The van der Waals surface area contributed by atoms with E-state index in [1.807, 2.05) is 6.92 Å². The van der Waals surface area contributed by atoms with Crippen molar-refractivity contribution in [2.45, 2.75) is 46.5 Å². The van der Waals surface area contributed by atoms with Crippen molar-refractivity contribution in [3.05, 3.63) is 29.1 Å². The first-order chi connectivity index (χ1) is 9.11. The fraction of sp³-hybridized carbons (Fsp3) is 0.467. The van der Waals surface area contributed by atoms with Crippen LogP contribution < -0.4 is 4.74 Å². The van der Waals surface area contributed by atoms with Gasteiger partial charge < -0.3 is 9.47 Å². The first-order valence-corrected chi connectivity index (χ1v) is 6.57. The number of aromatic nitrogens is 1. The van der Waals surface area contributed by atoms with E-state index < -0.39 is 0 Å². The lowest BCUT2D eigenvalue weighted by Crippen LogP contribution is -2.26. The lowest BCUT2D eigenvalue weighted by atomic mass is 10.1. The molecular formula is C15H19NO3. The highest BCUT2D eigenvalue weighted by molar-refractivity contribution is 5.91. The van der Waals surface area contributed by atoms with E-state index in [-0.39, 0.29) is 12.1 Å². The van der Waals surface area contributed by atoms with E-state index in [1.165, 1.54) is 13.0 Å². The third-order valence-electron chi connectivity index (χ3n) is 3.03. The van der Waals surface area contributed by atoms with Gasteiger partial charge in [0.05, 0.1) is 12.3 Å². The molecule has 1 aromatic rings. The monoisotopic (exact) mass is 261 g/mol. The minimum absolute atomic E-state index is 0.0100. The van der Waals surface area contributed by atoms with Crippen molar-refractivity contribution in [1.29, 1.82) is 0 Å². The summed E-state index contributed by atoms with van der Waals surface area (Å²) in [7, 11) is 0. The molecule has 0 aliphatic carbocycles. The molecule has 4 nitrogen and oxygen atoms in total. The molecule has 1 atom stereocenters. The van der Waals surface area contributed by atoms with Gasteiger partial charge in [-0.3, -0.25) is 9.78 Å². The van der Waals surface area contributed by atoms with Crippen LogP contribution in [-0.2, 0) is 16.1 Å². The van der Waals surface area contributed by atoms with Crippen LogP contribution in [0.15, 0.2) is 12.3 Å². The molecule has 0 bridgehead atoms. The zero-order valence-electron chi connectivity index (χ0n) is 11.6. The second kappa shape index (κ2) is 5.97. The van der Waals surface area contributed by atoms with Gasteiger partial charge in [0.2, 0.25) is 0 Å². The molecule has 0 amide bonds. The first-order valence-electron chi connectivity index (χ1n) is 6.57. The predicted octanol–water partition coefficient (Wildman–Crippen LogP) is 3.03. The molecule has 0 spiro atoms. The van der Waals surface area contributed by atoms with Crippen LogP contribution in [0.4, 0.5) is 0 Å². The van der Waals surface area contributed by atoms with Gasteiger partial charge in [0.1, 0.15) is 5.75 Å². The zero-order valence-corrected chi connectivity index (χ0v) is 11.6. The minimum atomic E-state index is -0.190. The minimum Gasteiger partial charge on any atom is -0.463 e. The number of rotatable bonds is 4. The lowest BCUT2D eigenvalue weighted by Gasteiger charge is -2.28. The number of allylic oxidation sites excluding steroid dienone is 1. The van der Waals surface area contributed by atoms with Crippen LogP contribution >= 0.6 is 0 Å². The molecule has 4 heteroatoms. The van der Waals surface area contributed by atoms with Gasteiger partial charge >= 0.3 is 0 Å². The van der Waals surface area contributed by atoms with Crippen LogP contribution in [0.3, 0.4) is 0 Å². The largest absolute Gasteiger partial charge is 0.463 e. The van der Waals surface area contributed by atoms with Crippen molar-refractivity contribution in [1.82, 2.24) is 4.98 Å². The van der Waals surface area contributed by atoms with Crippen molar-refractivity contribution in [3.63, 3.8) is 0 Å². The van der Waals surface area contributed by atoms with Crippen molar-refractivity contribution >= 4 is 11.9 Å². The maximum Gasteiger partial charge on any atom is 0.200 e. The van der Waals surface area contributed by atoms with Gasteiger partial charge in [-0.15, -0.1) is 0 Å². The Kier molecular flexibility index (Phi) is 4.32. The van der Waals surface area contributed by atoms with E-state index in [1.54, 1.807) is 12.3 Å². The summed E-state index contributed by atoms with van der Waals surface area (Å²) in [5.74, 6) is 0.811. The second-order valence-corrected chi connectivity index (χ2v) is 4.70. The summed E-state index contributed by atoms with van der Waals surface area (Å²) in [6.07, 6.45) is 6.74. The number of hydrogen-bond acceptors (Lipinski definition) is 4. The lowest BCUT2D eigenvalue weighted by molar-refractivity contribution is -0.113. The molecule has 0 radical (unpaired) electrons. The van der Waals surface area contributed by atoms with Gasteiger partial charge in [-0.25, -0.2) is 0 Å². The average Bonchev–Trinajstić information content (AvgIpc) is 2.39. The Bertz CT molecular complexity index is 508. The second-order valence-electron chi connectivity index (χ2n) is 4.70. The molecule has 1 aliphatic rings. The number of carbonyl (C=O) groups is 1. The molecule has 1 aromatic heterocycles. The number of nitrogens with zero attached hydrogens (tertiary/aromatic N) is 1. The molecule has 0 saturated heterocycles. The van der Waals surface area contributed by atoms with Crippen LogP contribution in [0.2, 0.25) is 0 Å². The summed E-state index contributed by atoms with van der Waals surface area (Å²) in [5, 5.41) is 0. The van der Waals surface area contributed by atoms with E-state index in [2.05, 4.69) is 11.9 Å². The van der Waals surface area contributed by atoms with Crippen LogP contribution in [0.1, 0.15) is 43.5 Å². The summed E-state index contributed by atoms with van der Waals surface area (Å²) in [5.41, 5.74) is 2.71. The Morgan fingerprint density at radius 2 is 2.37 bits per heavy atom. The fourth-order valence-corrected chi connectivity index (χ4v) is 2.03. The number of ketones is 1. The number of carbonyl (C=O) groups excluding carboxylic acids is 1. The van der Waals surface area contributed by atoms with Gasteiger partial charge in [-0.05, 0) is 26.0 Å². The molecule has 0 aromatic carbocycles. The van der Waals surface area contributed by atoms with Crippen molar-refractivity contribution < 1.29 is 14.3 Å². The quantitative estimate of drug-likeness (QED) is 0.782. The van der Waals surface area contributed by atoms with Crippen molar-refractivity contribution in [2.75, 3.05) is 0 Å². The topological polar surface area (TPSA) is 48.4 Å². The Morgan fingerprint density at radius 1 is 1.58 bits per heavy atom. The molecule has 2 heterocycles. The van der Waals surface area contributed by atoms with Crippen LogP contribution in [0.25, 0.3) is 6.08 Å². The van der Waals surface area contributed by atoms with Gasteiger partial charge in [0.25, 0.3) is 0 Å². The summed E-state index contributed by atoms with van der Waals surface area (Å²) in [4.78, 5) is 15.3. The van der Waals surface area contributed by atoms with Gasteiger partial charge in [0, 0.05) is 23.7 Å². The standard InChI is InChI=1S/C15H19NO3/c1-4-5-14-18-9-13-12(7-6-10(2)17)8-16-11(3)15(13)19-14/h6-8,14H,4-5,9H2,1-3H3/b7-6+. The Balaban J connectivity index is 2.31. The van der Waals surface area contributed by atoms with E-state index in [9.17, 15) is 4.79 Å². The summed E-state index contributed by atoms with van der Waals surface area (Å²) in [6.45, 7) is 6.04. The maximum atomic E-state index is 11.0. The summed E-state index contributed by atoms with van der Waals surface area (Å²) >= 11 is 0. The molecule has 19 heavy (non-hydrogen) atoms. The number of aryl methyl sites for hydroxylation is 1. The summed E-state index contributed by atoms with van der Waals surface area (Å²) in [6, 6.07) is 0. The van der Waals surface area contributed by atoms with E-state index in [0.29, 0.717) is 6.61 Å². The summed E-state index contributed by atoms with van der Waals surface area (Å²) < 4.78 is 11.5. The Morgan fingerprint density at radius 3 is 3.05 bits per heavy atom. The van der Waals surface area contributed by atoms with E-state index in [4.69, 9.17) is 9.47 Å². The molecule has 0 N–H and O–H groups in total. The van der Waals surface area contributed by atoms with Crippen LogP contribution in [0, 0.1) is 6.92 Å². The van der Waals surface area contributed by atoms with Crippen molar-refractivity contribution in [3.8, 4) is 5.75 Å². The number of ether oxygens (including phenoxy) is 2. The normalized spacial score (nSPS) is 18.2. The number of hydrogen-bond donors (Lipinski definition) is 0. The Labute approximate surface area is 113 Å². The molecule has 1 unspecified atom stereocenters. The van der Waals surface area contributed by atoms with Crippen LogP contribution in [0.5, 0.6) is 5.75 Å². The Hall–Kier alpha value is -1.68. The molecular weight excluding hydrogens is 242 g/mol.